The molecule has 1 aliphatic heterocycles. The van der Waals surface area contributed by atoms with Gasteiger partial charge in [-0.25, -0.2) is 9.67 Å². The summed E-state index contributed by atoms with van der Waals surface area (Å²) in [7, 11) is 0. The first-order chi connectivity index (χ1) is 13.9. The molecule has 1 aliphatic rings. The molecule has 5 rings (SSSR count). The van der Waals surface area contributed by atoms with Gasteiger partial charge in [0.05, 0.1) is 17.3 Å². The van der Waals surface area contributed by atoms with Crippen LogP contribution < -0.4 is 15.5 Å². The minimum atomic E-state index is 0.556. The average Bonchev–Trinajstić information content (AvgIpc) is 3.19. The van der Waals surface area contributed by atoms with Crippen LogP contribution in [0, 0.1) is 0 Å². The molecule has 0 atom stereocenters. The summed E-state index contributed by atoms with van der Waals surface area (Å²) in [5, 5.41) is 12.0. The molecule has 4 aromatic rings. The van der Waals surface area contributed by atoms with Crippen molar-refractivity contribution in [3.8, 4) is 5.69 Å². The van der Waals surface area contributed by atoms with Crippen molar-refractivity contribution < 1.29 is 0 Å². The molecule has 2 aromatic carbocycles. The van der Waals surface area contributed by atoms with Gasteiger partial charge in [0.1, 0.15) is 0 Å². The van der Waals surface area contributed by atoms with E-state index < -0.39 is 0 Å². The Morgan fingerprint density at radius 2 is 1.64 bits per heavy atom. The number of rotatable bonds is 4. The Hall–Kier alpha value is -3.45. The maximum absolute atomic E-state index is 4.68. The highest BCUT2D eigenvalue weighted by Crippen LogP contribution is 2.22. The number of nitrogens with zero attached hydrogens (tertiary/aromatic N) is 5. The Kier molecular flexibility index (Phi) is 4.34. The van der Waals surface area contributed by atoms with Gasteiger partial charge in [0.15, 0.2) is 5.65 Å². The van der Waals surface area contributed by atoms with E-state index in [4.69, 9.17) is 0 Å². The van der Waals surface area contributed by atoms with Crippen molar-refractivity contribution in [2.24, 2.45) is 0 Å². The fourth-order valence-electron chi connectivity index (χ4n) is 3.44. The molecule has 1 fully saturated rings. The van der Waals surface area contributed by atoms with E-state index in [-0.39, 0.29) is 0 Å². The molecule has 140 valence electrons. The van der Waals surface area contributed by atoms with Crippen LogP contribution in [0.3, 0.4) is 0 Å². The van der Waals surface area contributed by atoms with Gasteiger partial charge in [0, 0.05) is 43.8 Å². The molecule has 1 saturated heterocycles. The molecule has 3 heterocycles. The minimum Gasteiger partial charge on any atom is -0.369 e. The predicted molar refractivity (Wildman–Crippen MR) is 111 cm³/mol. The number of benzene rings is 2. The topological polar surface area (TPSA) is 70.9 Å². The van der Waals surface area contributed by atoms with Crippen molar-refractivity contribution in [1.82, 2.24) is 25.1 Å². The van der Waals surface area contributed by atoms with E-state index in [1.807, 2.05) is 35.0 Å². The van der Waals surface area contributed by atoms with Gasteiger partial charge in [-0.15, -0.1) is 0 Å². The Morgan fingerprint density at radius 3 is 2.43 bits per heavy atom. The van der Waals surface area contributed by atoms with E-state index in [2.05, 4.69) is 54.9 Å². The van der Waals surface area contributed by atoms with Gasteiger partial charge in [0.2, 0.25) is 5.95 Å². The molecule has 2 aromatic heterocycles. The molecule has 0 radical (unpaired) electrons. The van der Waals surface area contributed by atoms with Crippen LogP contribution in [0.2, 0.25) is 0 Å². The van der Waals surface area contributed by atoms with E-state index in [9.17, 15) is 0 Å². The molecule has 0 bridgehead atoms. The quantitative estimate of drug-likeness (QED) is 0.575. The number of piperazine rings is 1. The number of fused-ring (bicyclic) bond motifs is 1. The van der Waals surface area contributed by atoms with Gasteiger partial charge in [-0.1, -0.05) is 18.2 Å². The Morgan fingerprint density at radius 1 is 0.857 bits per heavy atom. The van der Waals surface area contributed by atoms with Gasteiger partial charge in [-0.05, 0) is 36.4 Å². The van der Waals surface area contributed by atoms with Crippen LogP contribution in [0.15, 0.2) is 67.0 Å². The molecule has 0 spiro atoms. The number of anilines is 3. The monoisotopic (exact) mass is 371 g/mol. The maximum Gasteiger partial charge on any atom is 0.229 e. The number of para-hydroxylation sites is 1. The normalized spacial score (nSPS) is 14.4. The number of aromatic nitrogens is 4. The first-order valence-electron chi connectivity index (χ1n) is 9.46. The summed E-state index contributed by atoms with van der Waals surface area (Å²) in [6, 6.07) is 18.4. The first-order valence-corrected chi connectivity index (χ1v) is 9.46. The lowest BCUT2D eigenvalue weighted by Gasteiger charge is -2.29. The summed E-state index contributed by atoms with van der Waals surface area (Å²) in [5.74, 6) is 0.556. The fraction of sp³-hybridized carbons (Fsp3) is 0.190. The largest absolute Gasteiger partial charge is 0.369 e. The molecule has 0 amide bonds. The van der Waals surface area contributed by atoms with Crippen molar-refractivity contribution in [2.45, 2.75) is 0 Å². The van der Waals surface area contributed by atoms with Crippen molar-refractivity contribution in [2.75, 3.05) is 36.4 Å². The summed E-state index contributed by atoms with van der Waals surface area (Å²) >= 11 is 0. The molecular weight excluding hydrogens is 350 g/mol. The Balaban J connectivity index is 1.39. The summed E-state index contributed by atoms with van der Waals surface area (Å²) in [6.45, 7) is 4.14. The Bertz CT molecular complexity index is 1070. The molecule has 7 heteroatoms. The molecule has 0 aliphatic carbocycles. The molecule has 0 saturated carbocycles. The van der Waals surface area contributed by atoms with Gasteiger partial charge in [-0.2, -0.15) is 10.1 Å². The third-order valence-corrected chi connectivity index (χ3v) is 4.92. The molecule has 2 N–H and O–H groups in total. The number of hydrogen-bond donors (Lipinski definition) is 2. The van der Waals surface area contributed by atoms with Gasteiger partial charge < -0.3 is 15.5 Å². The molecule has 7 nitrogen and oxygen atoms in total. The minimum absolute atomic E-state index is 0.556. The zero-order valence-electron chi connectivity index (χ0n) is 15.4. The summed E-state index contributed by atoms with van der Waals surface area (Å²) in [5.41, 5.74) is 3.96. The highest BCUT2D eigenvalue weighted by molar-refractivity contribution is 5.77. The van der Waals surface area contributed by atoms with E-state index in [0.717, 1.165) is 48.6 Å². The lowest BCUT2D eigenvalue weighted by atomic mass is 10.2. The summed E-state index contributed by atoms with van der Waals surface area (Å²) in [6.07, 6.45) is 3.58. The lowest BCUT2D eigenvalue weighted by Crippen LogP contribution is -2.43. The zero-order chi connectivity index (χ0) is 18.8. The Labute approximate surface area is 163 Å². The van der Waals surface area contributed by atoms with Gasteiger partial charge in [-0.3, -0.25) is 0 Å². The van der Waals surface area contributed by atoms with Crippen molar-refractivity contribution >= 4 is 28.4 Å². The van der Waals surface area contributed by atoms with Crippen LogP contribution in [0.4, 0.5) is 17.3 Å². The van der Waals surface area contributed by atoms with E-state index in [1.54, 1.807) is 12.4 Å². The predicted octanol–water partition coefficient (Wildman–Crippen LogP) is 2.97. The third-order valence-electron chi connectivity index (χ3n) is 4.92. The van der Waals surface area contributed by atoms with Gasteiger partial charge in [0.25, 0.3) is 0 Å². The number of nitrogens with one attached hydrogen (secondary N) is 2. The van der Waals surface area contributed by atoms with Crippen LogP contribution in [0.1, 0.15) is 0 Å². The van der Waals surface area contributed by atoms with Crippen molar-refractivity contribution in [3.63, 3.8) is 0 Å². The third kappa shape index (κ3) is 3.27. The smallest absolute Gasteiger partial charge is 0.229 e. The zero-order valence-corrected chi connectivity index (χ0v) is 15.4. The van der Waals surface area contributed by atoms with Crippen LogP contribution in [0.25, 0.3) is 16.7 Å². The number of hydrogen-bond acceptors (Lipinski definition) is 6. The van der Waals surface area contributed by atoms with E-state index in [1.165, 1.54) is 5.69 Å². The second-order valence-corrected chi connectivity index (χ2v) is 6.77. The molecular formula is C21H21N7. The average molecular weight is 371 g/mol. The highest BCUT2D eigenvalue weighted by atomic mass is 15.3. The van der Waals surface area contributed by atoms with Crippen LogP contribution in [-0.2, 0) is 0 Å². The van der Waals surface area contributed by atoms with E-state index in [0.29, 0.717) is 5.95 Å². The second-order valence-electron chi connectivity index (χ2n) is 6.77. The van der Waals surface area contributed by atoms with Crippen LogP contribution >= 0.6 is 0 Å². The SMILES string of the molecule is c1ccc(-n2ncc3cnc(Nc4ccc(N5CCNCC5)cc4)nc32)cc1. The highest BCUT2D eigenvalue weighted by Gasteiger charge is 2.11. The van der Waals surface area contributed by atoms with Gasteiger partial charge >= 0.3 is 0 Å². The summed E-state index contributed by atoms with van der Waals surface area (Å²) in [4.78, 5) is 11.5. The van der Waals surface area contributed by atoms with E-state index >= 15 is 0 Å². The molecule has 28 heavy (non-hydrogen) atoms. The first kappa shape index (κ1) is 16.7. The fourth-order valence-corrected chi connectivity index (χ4v) is 3.44. The summed E-state index contributed by atoms with van der Waals surface area (Å²) < 4.78 is 1.83. The van der Waals surface area contributed by atoms with Crippen molar-refractivity contribution in [1.29, 1.82) is 0 Å². The maximum atomic E-state index is 4.68. The van der Waals surface area contributed by atoms with Crippen molar-refractivity contribution in [3.05, 3.63) is 67.0 Å². The molecule has 0 unspecified atom stereocenters. The standard InChI is InChI=1S/C21H21N7/c1-2-4-19(5-3-1)28-20-16(15-24-28)14-23-21(26-20)25-17-6-8-18(9-7-17)27-12-10-22-11-13-27/h1-9,14-15,22H,10-13H2,(H,23,25,26). The lowest BCUT2D eigenvalue weighted by molar-refractivity contribution is 0.589. The second kappa shape index (κ2) is 7.28. The van der Waals surface area contributed by atoms with Crippen LogP contribution in [0.5, 0.6) is 0 Å². The van der Waals surface area contributed by atoms with Crippen LogP contribution in [-0.4, -0.2) is 45.9 Å².